The molecule has 0 aliphatic rings. The fraction of sp³-hybridized carbons (Fsp3) is 0.231. The average Bonchev–Trinajstić information content (AvgIpc) is 2.48. The molecule has 1 aromatic carbocycles. The Morgan fingerprint density at radius 2 is 1.95 bits per heavy atom. The summed E-state index contributed by atoms with van der Waals surface area (Å²) < 4.78 is 56.1. The molecule has 1 N–H and O–H groups in total. The summed E-state index contributed by atoms with van der Waals surface area (Å²) in [5.74, 6) is -6.42. The number of nitrogens with zero attached hydrogens (tertiary/aromatic N) is 1. The molecule has 4 nitrogen and oxygen atoms in total. The van der Waals surface area contributed by atoms with Crippen LogP contribution in [0.5, 0.6) is 0 Å². The third kappa shape index (κ3) is 2.78. The zero-order valence-corrected chi connectivity index (χ0v) is 12.6. The number of alkyl halides is 4. The number of carbonyl (C=O) groups excluding carboxylic acids is 1. The molecular formula is C13H9BrF4N2O2. The van der Waals surface area contributed by atoms with Crippen LogP contribution in [0.15, 0.2) is 34.9 Å². The minimum Gasteiger partial charge on any atom is -0.335 e. The van der Waals surface area contributed by atoms with E-state index in [-0.39, 0.29) is 11.2 Å². The lowest BCUT2D eigenvalue weighted by Crippen LogP contribution is -2.52. The number of halogens is 5. The molecule has 9 heteroatoms. The maximum absolute atomic E-state index is 13.8. The number of ether oxygens (including phenoxy) is 1. The molecule has 0 spiro atoms. The number of hydrogen-bond acceptors (Lipinski definition) is 3. The minimum atomic E-state index is -5.51. The first-order valence-electron chi connectivity index (χ1n) is 5.86. The highest BCUT2D eigenvalue weighted by atomic mass is 79.9. The van der Waals surface area contributed by atoms with Crippen LogP contribution in [0.4, 0.5) is 23.2 Å². The van der Waals surface area contributed by atoms with Gasteiger partial charge in [-0.25, -0.2) is 0 Å². The van der Waals surface area contributed by atoms with Gasteiger partial charge in [0, 0.05) is 23.2 Å². The van der Waals surface area contributed by atoms with Crippen molar-refractivity contribution in [2.24, 2.45) is 0 Å². The summed E-state index contributed by atoms with van der Waals surface area (Å²) >= 11 is 3.25. The first-order valence-corrected chi connectivity index (χ1v) is 6.65. The van der Waals surface area contributed by atoms with E-state index in [0.717, 1.165) is 0 Å². The van der Waals surface area contributed by atoms with Gasteiger partial charge in [0.1, 0.15) is 0 Å². The van der Waals surface area contributed by atoms with Gasteiger partial charge in [0.25, 0.3) is 5.91 Å². The normalized spacial score (nSPS) is 14.6. The van der Waals surface area contributed by atoms with Gasteiger partial charge in [-0.2, -0.15) is 17.6 Å². The van der Waals surface area contributed by atoms with Crippen molar-refractivity contribution in [1.82, 2.24) is 4.98 Å². The predicted molar refractivity (Wildman–Crippen MR) is 75.0 cm³/mol. The molecule has 0 fully saturated rings. The Hall–Kier alpha value is -1.74. The molecular weight excluding hydrogens is 372 g/mol. The van der Waals surface area contributed by atoms with E-state index in [1.807, 2.05) is 5.32 Å². The van der Waals surface area contributed by atoms with Crippen molar-refractivity contribution < 1.29 is 27.1 Å². The smallest absolute Gasteiger partial charge is 0.335 e. The van der Waals surface area contributed by atoms with Crippen molar-refractivity contribution >= 4 is 38.4 Å². The second-order valence-electron chi connectivity index (χ2n) is 4.25. The van der Waals surface area contributed by atoms with Crippen LogP contribution in [0.3, 0.4) is 0 Å². The van der Waals surface area contributed by atoms with Gasteiger partial charge >= 0.3 is 12.0 Å². The van der Waals surface area contributed by atoms with Crippen molar-refractivity contribution in [3.05, 3.63) is 34.9 Å². The lowest BCUT2D eigenvalue weighted by molar-refractivity contribution is -0.305. The lowest BCUT2D eigenvalue weighted by Gasteiger charge is -2.25. The Labute approximate surface area is 130 Å². The quantitative estimate of drug-likeness (QED) is 0.823. The van der Waals surface area contributed by atoms with Crippen molar-refractivity contribution in [1.29, 1.82) is 0 Å². The number of hydrogen-bond donors (Lipinski definition) is 1. The monoisotopic (exact) mass is 380 g/mol. The maximum Gasteiger partial charge on any atom is 0.458 e. The highest BCUT2D eigenvalue weighted by Crippen LogP contribution is 2.36. The summed E-state index contributed by atoms with van der Waals surface area (Å²) in [6, 6.07) is 6.07. The molecule has 0 saturated heterocycles. The molecule has 0 bridgehead atoms. The molecule has 1 amide bonds. The van der Waals surface area contributed by atoms with E-state index in [2.05, 4.69) is 25.7 Å². The number of methoxy groups -OCH3 is 1. The number of carbonyl (C=O) groups is 1. The number of benzene rings is 1. The van der Waals surface area contributed by atoms with Crippen molar-refractivity contribution in [2.75, 3.05) is 12.4 Å². The Balaban J connectivity index is 2.43. The SMILES string of the molecule is CO[C@](F)(C(=O)Nc1ccc(Br)c2cccnc12)C(F)(F)F. The van der Waals surface area contributed by atoms with Gasteiger partial charge in [0.05, 0.1) is 11.2 Å². The molecule has 0 aliphatic heterocycles. The van der Waals surface area contributed by atoms with Crippen LogP contribution in [-0.2, 0) is 9.53 Å². The lowest BCUT2D eigenvalue weighted by atomic mass is 10.2. The third-order valence-electron chi connectivity index (χ3n) is 2.90. The Morgan fingerprint density at radius 3 is 2.55 bits per heavy atom. The molecule has 0 radical (unpaired) electrons. The zero-order chi connectivity index (χ0) is 16.5. The molecule has 1 atom stereocenters. The fourth-order valence-electron chi connectivity index (χ4n) is 1.78. The minimum absolute atomic E-state index is 0.0628. The van der Waals surface area contributed by atoms with Gasteiger partial charge < -0.3 is 10.1 Å². The first kappa shape index (κ1) is 16.6. The second kappa shape index (κ2) is 5.81. The van der Waals surface area contributed by atoms with Crippen LogP contribution in [0.25, 0.3) is 10.9 Å². The van der Waals surface area contributed by atoms with Crippen LogP contribution in [0, 0.1) is 0 Å². The topological polar surface area (TPSA) is 51.2 Å². The average molecular weight is 381 g/mol. The van der Waals surface area contributed by atoms with Crippen molar-refractivity contribution in [2.45, 2.75) is 12.0 Å². The standard InChI is InChI=1S/C13H9BrF4N2O2/c1-22-12(15,13(16,17)18)11(21)20-9-5-4-8(14)7-3-2-6-19-10(7)9/h2-6H,1H3,(H,20,21)/t12-/m1/s1. The van der Waals surface area contributed by atoms with Gasteiger partial charge in [0.15, 0.2) is 0 Å². The number of fused-ring (bicyclic) bond motifs is 1. The number of pyridine rings is 1. The van der Waals surface area contributed by atoms with E-state index < -0.39 is 17.9 Å². The Bertz CT molecular complexity index is 723. The van der Waals surface area contributed by atoms with Gasteiger partial charge in [-0.3, -0.25) is 9.78 Å². The summed E-state index contributed by atoms with van der Waals surface area (Å²) in [4.78, 5) is 15.6. The largest absolute Gasteiger partial charge is 0.458 e. The van der Waals surface area contributed by atoms with E-state index in [1.54, 1.807) is 12.1 Å². The second-order valence-corrected chi connectivity index (χ2v) is 5.10. The third-order valence-corrected chi connectivity index (χ3v) is 3.59. The first-order chi connectivity index (χ1) is 10.2. The summed E-state index contributed by atoms with van der Waals surface area (Å²) in [7, 11) is 0.463. The van der Waals surface area contributed by atoms with E-state index in [4.69, 9.17) is 0 Å². The van der Waals surface area contributed by atoms with Crippen LogP contribution in [-0.4, -0.2) is 30.0 Å². The molecule has 2 rings (SSSR count). The molecule has 22 heavy (non-hydrogen) atoms. The van der Waals surface area contributed by atoms with Gasteiger partial charge in [-0.1, -0.05) is 22.0 Å². The number of amides is 1. The number of anilines is 1. The molecule has 0 saturated carbocycles. The summed E-state index contributed by atoms with van der Waals surface area (Å²) in [6.45, 7) is 0. The highest BCUT2D eigenvalue weighted by molar-refractivity contribution is 9.10. The number of rotatable bonds is 3. The number of nitrogens with one attached hydrogen (secondary N) is 1. The maximum atomic E-state index is 13.8. The summed E-state index contributed by atoms with van der Waals surface area (Å²) in [5.41, 5.74) is 0.151. The molecule has 1 aromatic heterocycles. The van der Waals surface area contributed by atoms with Crippen LogP contribution < -0.4 is 5.32 Å². The molecule has 118 valence electrons. The van der Waals surface area contributed by atoms with E-state index >= 15 is 0 Å². The van der Waals surface area contributed by atoms with Crippen LogP contribution in [0.2, 0.25) is 0 Å². The number of aromatic nitrogens is 1. The Kier molecular flexibility index (Phi) is 4.39. The van der Waals surface area contributed by atoms with Crippen LogP contribution >= 0.6 is 15.9 Å². The predicted octanol–water partition coefficient (Wildman–Crippen LogP) is 3.81. The zero-order valence-electron chi connectivity index (χ0n) is 11.0. The fourth-order valence-corrected chi connectivity index (χ4v) is 2.23. The molecule has 2 aromatic rings. The van der Waals surface area contributed by atoms with Gasteiger partial charge in [0.2, 0.25) is 0 Å². The highest BCUT2D eigenvalue weighted by Gasteiger charge is 2.63. The summed E-state index contributed by atoms with van der Waals surface area (Å²) in [5, 5.41) is 2.42. The molecule has 0 unspecified atom stereocenters. The van der Waals surface area contributed by atoms with Gasteiger partial charge in [-0.05, 0) is 18.2 Å². The van der Waals surface area contributed by atoms with Crippen molar-refractivity contribution in [3.63, 3.8) is 0 Å². The molecule has 0 aliphatic carbocycles. The summed E-state index contributed by atoms with van der Waals surface area (Å²) in [6.07, 6.45) is -4.11. The Morgan fingerprint density at radius 1 is 1.27 bits per heavy atom. The van der Waals surface area contributed by atoms with E-state index in [1.165, 1.54) is 18.3 Å². The van der Waals surface area contributed by atoms with Crippen LogP contribution in [0.1, 0.15) is 0 Å². The van der Waals surface area contributed by atoms with Gasteiger partial charge in [-0.15, -0.1) is 0 Å². The van der Waals surface area contributed by atoms with Crippen molar-refractivity contribution in [3.8, 4) is 0 Å². The molecule has 1 heterocycles. The van der Waals surface area contributed by atoms with E-state index in [9.17, 15) is 22.4 Å². The van der Waals surface area contributed by atoms with E-state index in [0.29, 0.717) is 17.0 Å².